The van der Waals surface area contributed by atoms with E-state index < -0.39 is 0 Å². The van der Waals surface area contributed by atoms with Crippen molar-refractivity contribution in [1.82, 2.24) is 19.9 Å². The number of hydrogen-bond donors (Lipinski definition) is 0. The van der Waals surface area contributed by atoms with Gasteiger partial charge in [-0.2, -0.15) is 0 Å². The minimum atomic E-state index is -0.258. The molecular formula is C46H38N8. The second-order valence-electron chi connectivity index (χ2n) is 15.9. The zero-order valence-electron chi connectivity index (χ0n) is 30.3. The van der Waals surface area contributed by atoms with Crippen LogP contribution in [-0.2, 0) is 5.41 Å². The molecule has 0 radical (unpaired) electrons. The summed E-state index contributed by atoms with van der Waals surface area (Å²) in [6, 6.07) is 36.9. The molecule has 8 nitrogen and oxygen atoms in total. The van der Waals surface area contributed by atoms with Gasteiger partial charge in [-0.3, -0.25) is 9.80 Å². The minimum Gasteiger partial charge on any atom is -0.325 e. The van der Waals surface area contributed by atoms with Gasteiger partial charge in [0.1, 0.15) is 12.3 Å². The van der Waals surface area contributed by atoms with Crippen LogP contribution < -0.4 is 19.6 Å². The maximum atomic E-state index is 5.47. The lowest BCUT2D eigenvalue weighted by molar-refractivity contribution is 0.326. The Bertz CT molecular complexity index is 2640. The predicted octanol–water partition coefficient (Wildman–Crippen LogP) is 9.46. The largest absolute Gasteiger partial charge is 0.325 e. The second kappa shape index (κ2) is 10.4. The highest BCUT2D eigenvalue weighted by Crippen LogP contribution is 2.81. The van der Waals surface area contributed by atoms with E-state index in [9.17, 15) is 0 Å². The maximum Gasteiger partial charge on any atom is 0.178 e. The Morgan fingerprint density at radius 1 is 0.611 bits per heavy atom. The topological polar surface area (TPSA) is 64.5 Å². The van der Waals surface area contributed by atoms with E-state index in [0.29, 0.717) is 0 Å². The van der Waals surface area contributed by atoms with Crippen molar-refractivity contribution in [1.29, 1.82) is 0 Å². The van der Waals surface area contributed by atoms with Gasteiger partial charge in [0.15, 0.2) is 23.3 Å². The Morgan fingerprint density at radius 3 is 2.04 bits per heavy atom. The molecule has 7 unspecified atom stereocenters. The summed E-state index contributed by atoms with van der Waals surface area (Å²) < 4.78 is 0. The number of rotatable bonds is 3. The lowest BCUT2D eigenvalue weighted by atomic mass is 9.80. The summed E-state index contributed by atoms with van der Waals surface area (Å²) in [6.07, 6.45) is 15.0. The Labute approximate surface area is 314 Å². The third-order valence-corrected chi connectivity index (χ3v) is 13.5. The van der Waals surface area contributed by atoms with E-state index >= 15 is 0 Å². The van der Waals surface area contributed by atoms with Crippen molar-refractivity contribution in [2.75, 3.05) is 19.6 Å². The number of hydrogen-bond acceptors (Lipinski definition) is 8. The van der Waals surface area contributed by atoms with Gasteiger partial charge in [0.25, 0.3) is 0 Å². The summed E-state index contributed by atoms with van der Waals surface area (Å²) in [5, 5.41) is 0. The highest BCUT2D eigenvalue weighted by atomic mass is 15.5. The lowest BCUT2D eigenvalue weighted by Crippen LogP contribution is -2.56. The molecule has 0 amide bonds. The first-order chi connectivity index (χ1) is 26.5. The average Bonchev–Trinajstić information content (AvgIpc) is 3.43. The van der Waals surface area contributed by atoms with Gasteiger partial charge in [-0.15, -0.1) is 0 Å². The Balaban J connectivity index is 1.12. The fourth-order valence-corrected chi connectivity index (χ4v) is 11.0. The molecule has 0 bridgehead atoms. The number of para-hydroxylation sites is 5. The van der Waals surface area contributed by atoms with Crippen LogP contribution >= 0.6 is 0 Å². The summed E-state index contributed by atoms with van der Waals surface area (Å²) in [5.41, 5.74) is 8.74. The number of anilines is 7. The molecule has 6 aromatic rings. The molecular weight excluding hydrogens is 665 g/mol. The first-order valence-electron chi connectivity index (χ1n) is 19.0. The zero-order chi connectivity index (χ0) is 35.9. The molecule has 2 aliphatic carbocycles. The Kier molecular flexibility index (Phi) is 5.84. The number of nitrogens with zero attached hydrogens (tertiary/aromatic N) is 8. The monoisotopic (exact) mass is 702 g/mol. The number of allylic oxidation sites excluding steroid dienone is 2. The molecule has 1 saturated carbocycles. The Hall–Kier alpha value is -6.28. The number of aromatic nitrogens is 4. The predicted molar refractivity (Wildman–Crippen MR) is 216 cm³/mol. The molecule has 6 aliphatic rings. The second-order valence-corrected chi connectivity index (χ2v) is 15.9. The van der Waals surface area contributed by atoms with Crippen LogP contribution in [0.25, 0.3) is 17.1 Å². The molecule has 12 rings (SSSR count). The van der Waals surface area contributed by atoms with Crippen LogP contribution in [0.1, 0.15) is 31.9 Å². The van der Waals surface area contributed by atoms with Crippen molar-refractivity contribution in [2.24, 2.45) is 17.3 Å². The summed E-state index contributed by atoms with van der Waals surface area (Å²) in [5.74, 6) is 4.08. The van der Waals surface area contributed by atoms with Gasteiger partial charge in [-0.05, 0) is 65.1 Å². The molecule has 2 aromatic heterocycles. The Morgan fingerprint density at radius 2 is 1.26 bits per heavy atom. The van der Waals surface area contributed by atoms with E-state index in [-0.39, 0.29) is 41.0 Å². The van der Waals surface area contributed by atoms with Crippen molar-refractivity contribution < 1.29 is 0 Å². The molecule has 262 valence electrons. The van der Waals surface area contributed by atoms with Gasteiger partial charge in [0, 0.05) is 40.5 Å². The molecule has 4 aromatic carbocycles. The van der Waals surface area contributed by atoms with Crippen molar-refractivity contribution in [3.63, 3.8) is 0 Å². The summed E-state index contributed by atoms with van der Waals surface area (Å²) in [6.45, 7) is 7.38. The fraction of sp³-hybridized carbons (Fsp3) is 0.217. The van der Waals surface area contributed by atoms with Gasteiger partial charge in [0.05, 0.1) is 22.8 Å². The van der Waals surface area contributed by atoms with Crippen LogP contribution in [0.3, 0.4) is 0 Å². The first-order valence-corrected chi connectivity index (χ1v) is 19.0. The van der Waals surface area contributed by atoms with E-state index in [4.69, 9.17) is 19.9 Å². The highest BCUT2D eigenvalue weighted by molar-refractivity contribution is 5.94. The van der Waals surface area contributed by atoms with Gasteiger partial charge in [0.2, 0.25) is 0 Å². The SMILES string of the molecule is CC1C=CC=CC1N1c2nc3ccccc3nc2N2c3ccccc3C3(C)C(C4=Cc5ccccc5N5c6nccnc6N(c6ccccc6)C45)C3(C)C21. The van der Waals surface area contributed by atoms with E-state index in [1.165, 1.54) is 22.4 Å². The molecule has 8 heteroatoms. The van der Waals surface area contributed by atoms with Gasteiger partial charge in [-0.25, -0.2) is 19.9 Å². The number of fused-ring (bicyclic) bond motifs is 14. The van der Waals surface area contributed by atoms with Crippen LogP contribution in [0.15, 0.2) is 145 Å². The molecule has 54 heavy (non-hydrogen) atoms. The van der Waals surface area contributed by atoms with E-state index in [2.05, 4.69) is 174 Å². The van der Waals surface area contributed by atoms with Crippen molar-refractivity contribution in [3.05, 3.63) is 157 Å². The zero-order valence-corrected chi connectivity index (χ0v) is 30.3. The first kappa shape index (κ1) is 30.2. The molecule has 6 heterocycles. The lowest BCUT2D eigenvalue weighted by Gasteiger charge is -2.47. The van der Waals surface area contributed by atoms with Crippen LogP contribution in [0, 0.1) is 17.3 Å². The van der Waals surface area contributed by atoms with Crippen LogP contribution in [0.5, 0.6) is 0 Å². The van der Waals surface area contributed by atoms with E-state index in [1.54, 1.807) is 0 Å². The fourth-order valence-electron chi connectivity index (χ4n) is 11.0. The standard InChI is InChI=1S/C46H38N8/c1-28-15-7-12-22-35(28)53-41-42(50-34-21-11-10-20-33(34)49-41)54-37-24-14-9-19-32(37)45(2)38(46(45,3)44(53)54)31-27-29-16-8-13-23-36(29)52-40-39(47-25-26-48-40)51(43(31)52)30-17-5-4-6-18-30/h4-28,35,38,43-44H,1-3H3. The molecule has 1 fully saturated rings. The summed E-state index contributed by atoms with van der Waals surface area (Å²) >= 11 is 0. The normalized spacial score (nSPS) is 29.2. The molecule has 7 atom stereocenters. The van der Waals surface area contributed by atoms with E-state index in [0.717, 1.165) is 45.7 Å². The van der Waals surface area contributed by atoms with Crippen LogP contribution in [0.2, 0.25) is 0 Å². The van der Waals surface area contributed by atoms with Crippen LogP contribution in [-0.4, -0.2) is 38.3 Å². The number of benzene rings is 4. The quantitative estimate of drug-likeness (QED) is 0.181. The molecule has 0 saturated heterocycles. The van der Waals surface area contributed by atoms with Gasteiger partial charge >= 0.3 is 0 Å². The maximum absolute atomic E-state index is 5.47. The van der Waals surface area contributed by atoms with Gasteiger partial charge < -0.3 is 9.80 Å². The molecule has 0 N–H and O–H groups in total. The smallest absolute Gasteiger partial charge is 0.178 e. The van der Waals surface area contributed by atoms with Crippen molar-refractivity contribution >= 4 is 57.4 Å². The third kappa shape index (κ3) is 3.58. The summed E-state index contributed by atoms with van der Waals surface area (Å²) in [7, 11) is 0. The minimum absolute atomic E-state index is 0.0467. The average molecular weight is 703 g/mol. The highest BCUT2D eigenvalue weighted by Gasteiger charge is 2.82. The third-order valence-electron chi connectivity index (χ3n) is 13.5. The van der Waals surface area contributed by atoms with Crippen molar-refractivity contribution in [3.8, 4) is 0 Å². The van der Waals surface area contributed by atoms with Gasteiger partial charge in [-0.1, -0.05) is 112 Å². The summed E-state index contributed by atoms with van der Waals surface area (Å²) in [4.78, 5) is 31.0. The van der Waals surface area contributed by atoms with Crippen LogP contribution in [0.4, 0.5) is 40.3 Å². The molecule has 0 spiro atoms. The molecule has 4 aliphatic heterocycles. The van der Waals surface area contributed by atoms with Crippen molar-refractivity contribution in [2.45, 2.75) is 44.6 Å². The van der Waals surface area contributed by atoms with E-state index in [1.807, 2.05) is 12.4 Å².